The van der Waals surface area contributed by atoms with Crippen LogP contribution in [0.2, 0.25) is 0 Å². The molecule has 0 saturated carbocycles. The molecule has 0 aromatic heterocycles. The van der Waals surface area contributed by atoms with Crippen molar-refractivity contribution in [1.29, 1.82) is 0 Å². The number of hydrogen-bond acceptors (Lipinski definition) is 3. The lowest BCUT2D eigenvalue weighted by molar-refractivity contribution is 0.0696. The number of amides is 2. The highest BCUT2D eigenvalue weighted by molar-refractivity contribution is 6.02. The molecule has 2 aromatic carbocycles. The number of carbonyl (C=O) groups is 3. The lowest BCUT2D eigenvalue weighted by Gasteiger charge is -2.10. The van der Waals surface area contributed by atoms with Gasteiger partial charge in [-0.15, -0.1) is 0 Å². The van der Waals surface area contributed by atoms with E-state index in [1.54, 1.807) is 6.07 Å². The molecule has 2 aromatic rings. The van der Waals surface area contributed by atoms with E-state index in [1.807, 2.05) is 25.1 Å². The van der Waals surface area contributed by atoms with Crippen LogP contribution in [-0.4, -0.2) is 28.2 Å². The summed E-state index contributed by atoms with van der Waals surface area (Å²) in [6, 6.07) is 10.1. The van der Waals surface area contributed by atoms with Gasteiger partial charge in [-0.05, 0) is 42.3 Å². The molecule has 7 nitrogen and oxygen atoms in total. The van der Waals surface area contributed by atoms with Gasteiger partial charge < -0.3 is 20.8 Å². The van der Waals surface area contributed by atoms with Crippen molar-refractivity contribution in [3.8, 4) is 0 Å². The maximum Gasteiger partial charge on any atom is 0.335 e. The lowest BCUT2D eigenvalue weighted by Crippen LogP contribution is -2.20. The molecule has 7 heteroatoms. The van der Waals surface area contributed by atoms with Gasteiger partial charge in [0.15, 0.2) is 0 Å². The zero-order valence-electron chi connectivity index (χ0n) is 12.9. The monoisotopic (exact) mass is 328 g/mol. The molecule has 2 amide bonds. The molecule has 0 radical (unpaired) electrons. The molecule has 0 spiro atoms. The zero-order chi connectivity index (χ0) is 17.7. The molecule has 2 rings (SSSR count). The van der Waals surface area contributed by atoms with Crippen LogP contribution in [0.25, 0.3) is 0 Å². The Morgan fingerprint density at radius 1 is 0.875 bits per heavy atom. The number of hydrogen-bond donors (Lipinski definition) is 4. The Labute approximate surface area is 137 Å². The van der Waals surface area contributed by atoms with Crippen molar-refractivity contribution >= 4 is 29.3 Å². The maximum atomic E-state index is 12.0. The molecular weight excluding hydrogens is 312 g/mol. The summed E-state index contributed by atoms with van der Waals surface area (Å²) in [5.74, 6) is -2.56. The Kier molecular flexibility index (Phi) is 5.16. The van der Waals surface area contributed by atoms with E-state index in [4.69, 9.17) is 10.2 Å². The summed E-state index contributed by atoms with van der Waals surface area (Å²) in [5, 5.41) is 23.1. The number of carbonyl (C=O) groups excluding carboxylic acids is 1. The molecule has 124 valence electrons. The topological polar surface area (TPSA) is 116 Å². The first-order valence-corrected chi connectivity index (χ1v) is 7.17. The standard InChI is InChI=1S/C17H16N2O5/c1-2-10-4-3-5-13(6-10)18-17(24)19-14-8-11(15(20)21)7-12(9-14)16(22)23/h3-9H,2H2,1H3,(H,20,21)(H,22,23)(H2,18,19,24). The zero-order valence-corrected chi connectivity index (χ0v) is 12.9. The number of anilines is 2. The fourth-order valence-corrected chi connectivity index (χ4v) is 2.11. The third-order valence-corrected chi connectivity index (χ3v) is 3.28. The normalized spacial score (nSPS) is 10.0. The molecule has 4 N–H and O–H groups in total. The van der Waals surface area contributed by atoms with E-state index in [1.165, 1.54) is 12.1 Å². The molecule has 0 aliphatic carbocycles. The molecule has 24 heavy (non-hydrogen) atoms. The van der Waals surface area contributed by atoms with Crippen molar-refractivity contribution in [3.05, 3.63) is 59.2 Å². The van der Waals surface area contributed by atoms with Crippen molar-refractivity contribution in [2.45, 2.75) is 13.3 Å². The van der Waals surface area contributed by atoms with Gasteiger partial charge in [-0.25, -0.2) is 14.4 Å². The lowest BCUT2D eigenvalue weighted by atomic mass is 10.1. The first-order chi connectivity index (χ1) is 11.4. The number of carboxylic acid groups (broad SMARTS) is 2. The SMILES string of the molecule is CCc1cccc(NC(=O)Nc2cc(C(=O)O)cc(C(=O)O)c2)c1. The van der Waals surface area contributed by atoms with E-state index in [9.17, 15) is 14.4 Å². The number of benzene rings is 2. The van der Waals surface area contributed by atoms with Crippen LogP contribution in [0.15, 0.2) is 42.5 Å². The van der Waals surface area contributed by atoms with Gasteiger partial charge in [-0.2, -0.15) is 0 Å². The fraction of sp³-hybridized carbons (Fsp3) is 0.118. The van der Waals surface area contributed by atoms with Crippen molar-refractivity contribution in [2.24, 2.45) is 0 Å². The number of aryl methyl sites for hydroxylation is 1. The molecular formula is C17H16N2O5. The van der Waals surface area contributed by atoms with Crippen molar-refractivity contribution in [2.75, 3.05) is 10.6 Å². The highest BCUT2D eigenvalue weighted by Gasteiger charge is 2.13. The Morgan fingerprint density at radius 2 is 1.46 bits per heavy atom. The van der Waals surface area contributed by atoms with Crippen LogP contribution in [0.3, 0.4) is 0 Å². The minimum Gasteiger partial charge on any atom is -0.478 e. The number of urea groups is 1. The van der Waals surface area contributed by atoms with Crippen molar-refractivity contribution in [1.82, 2.24) is 0 Å². The Morgan fingerprint density at radius 3 is 2.00 bits per heavy atom. The third-order valence-electron chi connectivity index (χ3n) is 3.28. The van der Waals surface area contributed by atoms with Crippen LogP contribution in [0.1, 0.15) is 33.2 Å². The number of rotatable bonds is 5. The number of aromatic carboxylic acids is 2. The van der Waals surface area contributed by atoms with Crippen LogP contribution in [0.5, 0.6) is 0 Å². The van der Waals surface area contributed by atoms with Crippen LogP contribution in [0.4, 0.5) is 16.2 Å². The Hall–Kier alpha value is -3.35. The van der Waals surface area contributed by atoms with Gasteiger partial charge in [-0.1, -0.05) is 19.1 Å². The average molecular weight is 328 g/mol. The molecule has 0 aliphatic rings. The van der Waals surface area contributed by atoms with E-state index < -0.39 is 18.0 Å². The summed E-state index contributed by atoms with van der Waals surface area (Å²) < 4.78 is 0. The highest BCUT2D eigenvalue weighted by atomic mass is 16.4. The minimum atomic E-state index is -1.28. The second-order valence-electron chi connectivity index (χ2n) is 5.04. The minimum absolute atomic E-state index is 0.0800. The molecule has 0 atom stereocenters. The largest absolute Gasteiger partial charge is 0.478 e. The summed E-state index contributed by atoms with van der Waals surface area (Å²) in [6.45, 7) is 1.99. The van der Waals surface area contributed by atoms with E-state index in [0.29, 0.717) is 5.69 Å². The summed E-state index contributed by atoms with van der Waals surface area (Å²) in [5.41, 5.74) is 1.27. The second-order valence-corrected chi connectivity index (χ2v) is 5.04. The molecule has 0 saturated heterocycles. The molecule has 0 aliphatic heterocycles. The average Bonchev–Trinajstić information content (AvgIpc) is 2.54. The van der Waals surface area contributed by atoms with Crippen LogP contribution in [0, 0.1) is 0 Å². The van der Waals surface area contributed by atoms with Crippen LogP contribution in [-0.2, 0) is 6.42 Å². The van der Waals surface area contributed by atoms with Gasteiger partial charge in [0.1, 0.15) is 0 Å². The van der Waals surface area contributed by atoms with E-state index >= 15 is 0 Å². The summed E-state index contributed by atoms with van der Waals surface area (Å²) in [4.78, 5) is 34.1. The van der Waals surface area contributed by atoms with Gasteiger partial charge in [0, 0.05) is 11.4 Å². The first-order valence-electron chi connectivity index (χ1n) is 7.17. The third kappa shape index (κ3) is 4.33. The smallest absolute Gasteiger partial charge is 0.335 e. The second kappa shape index (κ2) is 7.28. The number of nitrogens with one attached hydrogen (secondary N) is 2. The number of carboxylic acids is 2. The van der Waals surface area contributed by atoms with E-state index in [0.717, 1.165) is 18.1 Å². The van der Waals surface area contributed by atoms with Gasteiger partial charge in [0.05, 0.1) is 11.1 Å². The van der Waals surface area contributed by atoms with E-state index in [2.05, 4.69) is 10.6 Å². The van der Waals surface area contributed by atoms with Crippen molar-refractivity contribution in [3.63, 3.8) is 0 Å². The van der Waals surface area contributed by atoms with E-state index in [-0.39, 0.29) is 16.8 Å². The molecule has 0 bridgehead atoms. The molecule has 0 unspecified atom stereocenters. The molecule has 0 fully saturated rings. The van der Waals surface area contributed by atoms with Gasteiger partial charge in [0.25, 0.3) is 0 Å². The Balaban J connectivity index is 2.18. The van der Waals surface area contributed by atoms with Crippen molar-refractivity contribution < 1.29 is 24.6 Å². The first kappa shape index (κ1) is 17.0. The highest BCUT2D eigenvalue weighted by Crippen LogP contribution is 2.17. The summed E-state index contributed by atoms with van der Waals surface area (Å²) >= 11 is 0. The van der Waals surface area contributed by atoms with Crippen LogP contribution < -0.4 is 10.6 Å². The predicted octanol–water partition coefficient (Wildman–Crippen LogP) is 3.29. The van der Waals surface area contributed by atoms with Gasteiger partial charge in [-0.3, -0.25) is 0 Å². The Bertz CT molecular complexity index is 769. The van der Waals surface area contributed by atoms with Gasteiger partial charge >= 0.3 is 18.0 Å². The van der Waals surface area contributed by atoms with Crippen LogP contribution >= 0.6 is 0 Å². The maximum absolute atomic E-state index is 12.0. The molecule has 0 heterocycles. The quantitative estimate of drug-likeness (QED) is 0.672. The summed E-state index contributed by atoms with van der Waals surface area (Å²) in [6.07, 6.45) is 0.819. The predicted molar refractivity (Wildman–Crippen MR) is 88.8 cm³/mol. The van der Waals surface area contributed by atoms with Gasteiger partial charge in [0.2, 0.25) is 0 Å². The fourth-order valence-electron chi connectivity index (χ4n) is 2.11. The summed E-state index contributed by atoms with van der Waals surface area (Å²) in [7, 11) is 0.